The monoisotopic (exact) mass is 288 g/mol. The average Bonchev–Trinajstić information content (AvgIpc) is 2.83. The Kier molecular flexibility index (Phi) is 3.22. The summed E-state index contributed by atoms with van der Waals surface area (Å²) in [5, 5.41) is 0. The molecule has 0 amide bonds. The molecular weight excluding hydrogens is 264 g/mol. The quantitative estimate of drug-likeness (QED) is 0.669. The molecule has 2 aromatic rings. The van der Waals surface area contributed by atoms with Crippen LogP contribution < -0.4 is 0 Å². The van der Waals surface area contributed by atoms with Crippen LogP contribution in [0.1, 0.15) is 47.1 Å². The molecule has 0 radical (unpaired) electrons. The Hall–Kier alpha value is -1.82. The van der Waals surface area contributed by atoms with Crippen molar-refractivity contribution in [3.63, 3.8) is 0 Å². The fourth-order valence-corrected chi connectivity index (χ4v) is 4.42. The summed E-state index contributed by atoms with van der Waals surface area (Å²) in [6.45, 7) is 4.38. The molecule has 0 nitrogen and oxygen atoms in total. The highest BCUT2D eigenvalue weighted by molar-refractivity contribution is 5.78. The van der Waals surface area contributed by atoms with E-state index in [1.165, 1.54) is 54.4 Å². The first-order chi connectivity index (χ1) is 10.7. The van der Waals surface area contributed by atoms with Crippen LogP contribution in [0.2, 0.25) is 0 Å². The van der Waals surface area contributed by atoms with E-state index in [9.17, 15) is 0 Å². The molecule has 0 heterocycles. The summed E-state index contributed by atoms with van der Waals surface area (Å²) < 4.78 is 0. The van der Waals surface area contributed by atoms with Crippen molar-refractivity contribution in [1.82, 2.24) is 0 Å². The third-order valence-electron chi connectivity index (χ3n) is 5.53. The second-order valence-corrected chi connectivity index (χ2v) is 7.29. The second-order valence-electron chi connectivity index (χ2n) is 7.29. The number of rotatable bonds is 2. The highest BCUT2D eigenvalue weighted by Crippen LogP contribution is 2.54. The first kappa shape index (κ1) is 13.8. The fourth-order valence-electron chi connectivity index (χ4n) is 4.42. The summed E-state index contributed by atoms with van der Waals surface area (Å²) >= 11 is 0. The molecule has 0 N–H and O–H groups in total. The molecule has 0 spiro atoms. The van der Waals surface area contributed by atoms with E-state index < -0.39 is 0 Å². The smallest absolute Gasteiger partial charge is 0.00368 e. The lowest BCUT2D eigenvalue weighted by molar-refractivity contribution is 0.354. The number of hydrogen-bond donors (Lipinski definition) is 0. The van der Waals surface area contributed by atoms with Crippen molar-refractivity contribution in [3.8, 4) is 0 Å². The predicted octanol–water partition coefficient (Wildman–Crippen LogP) is 5.66. The first-order valence-corrected chi connectivity index (χ1v) is 8.52. The van der Waals surface area contributed by atoms with Crippen LogP contribution in [-0.4, -0.2) is 0 Å². The summed E-state index contributed by atoms with van der Waals surface area (Å²) in [5.41, 5.74) is 9.31. The Morgan fingerprint density at radius 3 is 2.55 bits per heavy atom. The first-order valence-electron chi connectivity index (χ1n) is 8.52. The summed E-state index contributed by atoms with van der Waals surface area (Å²) in [5.74, 6) is 0. The van der Waals surface area contributed by atoms with Gasteiger partial charge >= 0.3 is 0 Å². The van der Waals surface area contributed by atoms with Crippen LogP contribution in [0, 0.1) is 19.3 Å². The molecule has 0 aromatic heterocycles. The lowest BCUT2D eigenvalue weighted by atomic mass is 9.69. The van der Waals surface area contributed by atoms with E-state index in [4.69, 9.17) is 0 Å². The zero-order chi connectivity index (χ0) is 15.2. The van der Waals surface area contributed by atoms with Gasteiger partial charge < -0.3 is 0 Å². The summed E-state index contributed by atoms with van der Waals surface area (Å²) in [6.07, 6.45) is 8.86. The number of fused-ring (bicyclic) bond motifs is 3. The average molecular weight is 288 g/mol. The fraction of sp³-hybridized carbons (Fsp3) is 0.364. The van der Waals surface area contributed by atoms with Crippen LogP contribution in [0.4, 0.5) is 0 Å². The van der Waals surface area contributed by atoms with Gasteiger partial charge in [0.15, 0.2) is 0 Å². The van der Waals surface area contributed by atoms with Gasteiger partial charge in [-0.1, -0.05) is 59.7 Å². The minimum absolute atomic E-state index is 0.351. The number of benzene rings is 2. The normalized spacial score (nSPS) is 22.9. The molecule has 0 heteroatoms. The van der Waals surface area contributed by atoms with Gasteiger partial charge in [0, 0.05) is 5.41 Å². The summed E-state index contributed by atoms with van der Waals surface area (Å²) in [4.78, 5) is 0. The Labute approximate surface area is 133 Å². The van der Waals surface area contributed by atoms with Crippen LogP contribution in [0.3, 0.4) is 0 Å². The zero-order valence-corrected chi connectivity index (χ0v) is 13.7. The van der Waals surface area contributed by atoms with Crippen LogP contribution >= 0.6 is 0 Å². The Balaban J connectivity index is 1.75. The number of aryl methyl sites for hydroxylation is 2. The molecule has 2 aliphatic carbocycles. The SMILES string of the molecule is Cc1ccc(C[C@@]23CCCC=C2c2cc(C)ccc2C3)cc1. The van der Waals surface area contributed by atoms with E-state index in [0.29, 0.717) is 5.41 Å². The van der Waals surface area contributed by atoms with Gasteiger partial charge in [-0.15, -0.1) is 0 Å². The molecule has 2 aromatic carbocycles. The standard InChI is InChI=1S/C22H24/c1-16-6-9-18(10-7-16)14-22-12-4-3-5-21(22)20-13-17(2)8-11-19(20)15-22/h5-11,13H,3-4,12,14-15H2,1-2H3/t22-/m1/s1. The van der Waals surface area contributed by atoms with Gasteiger partial charge in [0.2, 0.25) is 0 Å². The van der Waals surface area contributed by atoms with E-state index in [2.05, 4.69) is 62.4 Å². The van der Waals surface area contributed by atoms with E-state index in [-0.39, 0.29) is 0 Å². The third kappa shape index (κ3) is 2.22. The van der Waals surface area contributed by atoms with Crippen molar-refractivity contribution < 1.29 is 0 Å². The van der Waals surface area contributed by atoms with Gasteiger partial charge in [0.05, 0.1) is 0 Å². The third-order valence-corrected chi connectivity index (χ3v) is 5.53. The maximum atomic E-state index is 2.53. The molecule has 0 unspecified atom stereocenters. The lowest BCUT2D eigenvalue weighted by Gasteiger charge is -2.34. The molecule has 4 rings (SSSR count). The van der Waals surface area contributed by atoms with Crippen LogP contribution in [0.25, 0.3) is 5.57 Å². The van der Waals surface area contributed by atoms with Crippen molar-refractivity contribution >= 4 is 5.57 Å². The molecule has 0 fully saturated rings. The van der Waals surface area contributed by atoms with Gasteiger partial charge in [-0.3, -0.25) is 0 Å². The van der Waals surface area contributed by atoms with E-state index >= 15 is 0 Å². The number of allylic oxidation sites excluding steroid dienone is 2. The van der Waals surface area contributed by atoms with Crippen molar-refractivity contribution in [1.29, 1.82) is 0 Å². The van der Waals surface area contributed by atoms with Gasteiger partial charge in [0.1, 0.15) is 0 Å². The highest BCUT2D eigenvalue weighted by atomic mass is 14.5. The summed E-state index contributed by atoms with van der Waals surface area (Å²) in [7, 11) is 0. The van der Waals surface area contributed by atoms with Gasteiger partial charge in [-0.2, -0.15) is 0 Å². The van der Waals surface area contributed by atoms with E-state index in [0.717, 1.165) is 0 Å². The van der Waals surface area contributed by atoms with Crippen molar-refractivity contribution in [3.05, 3.63) is 76.4 Å². The molecule has 0 saturated carbocycles. The topological polar surface area (TPSA) is 0 Å². The molecule has 22 heavy (non-hydrogen) atoms. The molecule has 0 aliphatic heterocycles. The van der Waals surface area contributed by atoms with Gasteiger partial charge in [-0.25, -0.2) is 0 Å². The van der Waals surface area contributed by atoms with Crippen molar-refractivity contribution in [2.24, 2.45) is 5.41 Å². The van der Waals surface area contributed by atoms with Crippen LogP contribution in [0.15, 0.2) is 48.5 Å². The molecule has 1 atom stereocenters. The zero-order valence-electron chi connectivity index (χ0n) is 13.7. The maximum absolute atomic E-state index is 2.53. The summed E-state index contributed by atoms with van der Waals surface area (Å²) in [6, 6.07) is 16.2. The van der Waals surface area contributed by atoms with Crippen molar-refractivity contribution in [2.75, 3.05) is 0 Å². The second kappa shape index (κ2) is 5.12. The van der Waals surface area contributed by atoms with Crippen LogP contribution in [-0.2, 0) is 12.8 Å². The number of hydrogen-bond acceptors (Lipinski definition) is 0. The lowest BCUT2D eigenvalue weighted by Crippen LogP contribution is -2.25. The van der Waals surface area contributed by atoms with Gasteiger partial charge in [-0.05, 0) is 68.2 Å². The molecule has 0 bridgehead atoms. The largest absolute Gasteiger partial charge is 0.0801 e. The molecule has 112 valence electrons. The van der Waals surface area contributed by atoms with Gasteiger partial charge in [0.25, 0.3) is 0 Å². The van der Waals surface area contributed by atoms with Crippen molar-refractivity contribution in [2.45, 2.75) is 46.0 Å². The minimum atomic E-state index is 0.351. The molecule has 2 aliphatic rings. The van der Waals surface area contributed by atoms with E-state index in [1.54, 1.807) is 11.1 Å². The Bertz CT molecular complexity index is 733. The van der Waals surface area contributed by atoms with E-state index in [1.807, 2.05) is 0 Å². The maximum Gasteiger partial charge on any atom is 0.00368 e. The predicted molar refractivity (Wildman–Crippen MR) is 94.0 cm³/mol. The highest BCUT2D eigenvalue weighted by Gasteiger charge is 2.42. The molecule has 0 saturated heterocycles. The Morgan fingerprint density at radius 2 is 1.73 bits per heavy atom. The van der Waals surface area contributed by atoms with Crippen LogP contribution in [0.5, 0.6) is 0 Å². The molecular formula is C22H24. The minimum Gasteiger partial charge on any atom is -0.0801 e. The Morgan fingerprint density at radius 1 is 0.955 bits per heavy atom.